The van der Waals surface area contributed by atoms with E-state index in [9.17, 15) is 4.79 Å². The normalized spacial score (nSPS) is 20.5. The molecule has 1 aliphatic heterocycles. The van der Waals surface area contributed by atoms with E-state index in [1.807, 2.05) is 18.7 Å². The molecule has 1 fully saturated rings. The van der Waals surface area contributed by atoms with Gasteiger partial charge in [-0.1, -0.05) is 6.92 Å². The number of carbonyl (C=O) groups is 1. The van der Waals surface area contributed by atoms with Crippen LogP contribution in [0.3, 0.4) is 0 Å². The smallest absolute Gasteiger partial charge is 0.236 e. The van der Waals surface area contributed by atoms with Gasteiger partial charge in [0.1, 0.15) is 0 Å². The lowest BCUT2D eigenvalue weighted by Gasteiger charge is -2.23. The zero-order valence-corrected chi connectivity index (χ0v) is 9.79. The van der Waals surface area contributed by atoms with Gasteiger partial charge in [-0.15, -0.1) is 0 Å². The Labute approximate surface area is 92.0 Å². The molecule has 0 saturated carbocycles. The predicted molar refractivity (Wildman–Crippen MR) is 59.7 cm³/mol. The average molecular weight is 214 g/mol. The average Bonchev–Trinajstić information content (AvgIpc) is 2.75. The van der Waals surface area contributed by atoms with Crippen molar-refractivity contribution in [3.05, 3.63) is 0 Å². The molecule has 4 heteroatoms. The Morgan fingerprint density at radius 2 is 2.33 bits per heavy atom. The van der Waals surface area contributed by atoms with Gasteiger partial charge in [-0.05, 0) is 19.9 Å². The van der Waals surface area contributed by atoms with Gasteiger partial charge >= 0.3 is 0 Å². The molecule has 4 nitrogen and oxygen atoms in total. The van der Waals surface area contributed by atoms with Crippen LogP contribution in [0.1, 0.15) is 20.3 Å². The second-order valence-electron chi connectivity index (χ2n) is 3.94. The van der Waals surface area contributed by atoms with Crippen molar-refractivity contribution in [1.82, 2.24) is 10.2 Å². The van der Waals surface area contributed by atoms with Crippen molar-refractivity contribution >= 4 is 5.91 Å². The topological polar surface area (TPSA) is 41.6 Å². The summed E-state index contributed by atoms with van der Waals surface area (Å²) in [7, 11) is 0. The number of hydrogen-bond donors (Lipinski definition) is 1. The van der Waals surface area contributed by atoms with Crippen LogP contribution in [0.15, 0.2) is 0 Å². The zero-order chi connectivity index (χ0) is 11.1. The Bertz CT molecular complexity index is 191. The Kier molecular flexibility index (Phi) is 5.65. The number of nitrogens with one attached hydrogen (secondary N) is 1. The van der Waals surface area contributed by atoms with Crippen molar-refractivity contribution in [2.45, 2.75) is 20.3 Å². The van der Waals surface area contributed by atoms with Gasteiger partial charge in [-0.2, -0.15) is 0 Å². The molecular weight excluding hydrogens is 192 g/mol. The lowest BCUT2D eigenvalue weighted by atomic mass is 10.1. The Morgan fingerprint density at radius 1 is 1.53 bits per heavy atom. The highest BCUT2D eigenvalue weighted by atomic mass is 16.5. The summed E-state index contributed by atoms with van der Waals surface area (Å²) in [6.45, 7) is 8.64. The number of amides is 1. The summed E-state index contributed by atoms with van der Waals surface area (Å²) in [5, 5.41) is 3.07. The molecule has 0 bridgehead atoms. The van der Waals surface area contributed by atoms with Gasteiger partial charge in [0.2, 0.25) is 5.91 Å². The van der Waals surface area contributed by atoms with E-state index in [1.165, 1.54) is 0 Å². The van der Waals surface area contributed by atoms with Gasteiger partial charge in [0.25, 0.3) is 0 Å². The molecule has 1 unspecified atom stereocenters. The predicted octanol–water partition coefficient (Wildman–Crippen LogP) is 0.481. The largest absolute Gasteiger partial charge is 0.381 e. The van der Waals surface area contributed by atoms with Crippen molar-refractivity contribution in [2.24, 2.45) is 5.92 Å². The van der Waals surface area contributed by atoms with Gasteiger partial charge in [-0.25, -0.2) is 0 Å². The van der Waals surface area contributed by atoms with Crippen LogP contribution in [0, 0.1) is 5.92 Å². The number of hydrogen-bond acceptors (Lipinski definition) is 3. The molecule has 1 saturated heterocycles. The van der Waals surface area contributed by atoms with Crippen molar-refractivity contribution < 1.29 is 9.53 Å². The number of ether oxygens (including phenoxy) is 1. The highest BCUT2D eigenvalue weighted by Crippen LogP contribution is 2.13. The first kappa shape index (κ1) is 12.5. The van der Waals surface area contributed by atoms with Gasteiger partial charge in [-0.3, -0.25) is 4.79 Å². The molecule has 0 aromatic rings. The van der Waals surface area contributed by atoms with Gasteiger partial charge in [0, 0.05) is 25.6 Å². The molecule has 1 heterocycles. The maximum Gasteiger partial charge on any atom is 0.236 e. The minimum Gasteiger partial charge on any atom is -0.381 e. The van der Waals surface area contributed by atoms with E-state index in [2.05, 4.69) is 5.32 Å². The molecular formula is C11H22N2O2. The molecule has 88 valence electrons. The summed E-state index contributed by atoms with van der Waals surface area (Å²) in [6, 6.07) is 0. The van der Waals surface area contributed by atoms with E-state index in [-0.39, 0.29) is 5.91 Å². The second-order valence-corrected chi connectivity index (χ2v) is 3.94. The Morgan fingerprint density at radius 3 is 2.87 bits per heavy atom. The first-order chi connectivity index (χ1) is 7.27. The monoisotopic (exact) mass is 214 g/mol. The van der Waals surface area contributed by atoms with E-state index in [0.29, 0.717) is 12.5 Å². The number of rotatable bonds is 6. The van der Waals surface area contributed by atoms with E-state index in [1.54, 1.807) is 0 Å². The molecule has 1 atom stereocenters. The van der Waals surface area contributed by atoms with Crippen molar-refractivity contribution in [2.75, 3.05) is 39.4 Å². The van der Waals surface area contributed by atoms with Gasteiger partial charge in [0.15, 0.2) is 0 Å². The van der Waals surface area contributed by atoms with E-state index >= 15 is 0 Å². The summed E-state index contributed by atoms with van der Waals surface area (Å²) < 4.78 is 5.31. The third kappa shape index (κ3) is 4.18. The summed E-state index contributed by atoms with van der Waals surface area (Å²) in [4.78, 5) is 13.7. The molecule has 0 aliphatic carbocycles. The van der Waals surface area contributed by atoms with Crippen molar-refractivity contribution in [1.29, 1.82) is 0 Å². The van der Waals surface area contributed by atoms with Crippen molar-refractivity contribution in [3.63, 3.8) is 0 Å². The second kappa shape index (κ2) is 6.80. The van der Waals surface area contributed by atoms with Crippen LogP contribution >= 0.6 is 0 Å². The Balaban J connectivity index is 2.29. The van der Waals surface area contributed by atoms with Crippen LogP contribution < -0.4 is 5.32 Å². The maximum atomic E-state index is 11.7. The summed E-state index contributed by atoms with van der Waals surface area (Å²) in [5.74, 6) is 0.738. The molecule has 0 aromatic heterocycles. The zero-order valence-electron chi connectivity index (χ0n) is 9.79. The number of likely N-dealkylation sites (N-methyl/N-ethyl adjacent to an activating group) is 2. The SMILES string of the molecule is CCNCC(=O)N(CC)CC1CCOC1. The molecule has 15 heavy (non-hydrogen) atoms. The van der Waals surface area contributed by atoms with Gasteiger partial charge < -0.3 is 15.0 Å². The maximum absolute atomic E-state index is 11.7. The number of carbonyl (C=O) groups excluding carboxylic acids is 1. The first-order valence-electron chi connectivity index (χ1n) is 5.84. The fraction of sp³-hybridized carbons (Fsp3) is 0.909. The van der Waals surface area contributed by atoms with Crippen molar-refractivity contribution in [3.8, 4) is 0 Å². The minimum atomic E-state index is 0.200. The minimum absolute atomic E-state index is 0.200. The Hall–Kier alpha value is -0.610. The molecule has 0 radical (unpaired) electrons. The molecule has 1 aliphatic rings. The van der Waals surface area contributed by atoms with Crippen LogP contribution in [-0.2, 0) is 9.53 Å². The molecule has 1 N–H and O–H groups in total. The van der Waals surface area contributed by atoms with Crippen LogP contribution in [0.4, 0.5) is 0 Å². The summed E-state index contributed by atoms with van der Waals surface area (Å²) in [5.41, 5.74) is 0. The van der Waals surface area contributed by atoms with E-state index < -0.39 is 0 Å². The lowest BCUT2D eigenvalue weighted by molar-refractivity contribution is -0.130. The summed E-state index contributed by atoms with van der Waals surface area (Å²) >= 11 is 0. The van der Waals surface area contributed by atoms with Crippen LogP contribution in [0.2, 0.25) is 0 Å². The van der Waals surface area contributed by atoms with Crippen LogP contribution in [-0.4, -0.2) is 50.2 Å². The van der Waals surface area contributed by atoms with Crippen LogP contribution in [0.5, 0.6) is 0 Å². The molecule has 0 aromatic carbocycles. The third-order valence-corrected chi connectivity index (χ3v) is 2.76. The molecule has 1 amide bonds. The lowest BCUT2D eigenvalue weighted by Crippen LogP contribution is -2.40. The third-order valence-electron chi connectivity index (χ3n) is 2.76. The molecule has 1 rings (SSSR count). The highest BCUT2D eigenvalue weighted by Gasteiger charge is 2.20. The van der Waals surface area contributed by atoms with Gasteiger partial charge in [0.05, 0.1) is 13.2 Å². The highest BCUT2D eigenvalue weighted by molar-refractivity contribution is 5.78. The fourth-order valence-electron chi connectivity index (χ4n) is 1.79. The quantitative estimate of drug-likeness (QED) is 0.699. The standard InChI is InChI=1S/C11H22N2O2/c1-3-12-7-11(14)13(4-2)8-10-5-6-15-9-10/h10,12H,3-9H2,1-2H3. The first-order valence-corrected chi connectivity index (χ1v) is 5.84. The molecule has 0 spiro atoms. The summed E-state index contributed by atoms with van der Waals surface area (Å²) in [6.07, 6.45) is 1.09. The fourth-order valence-corrected chi connectivity index (χ4v) is 1.79. The van der Waals surface area contributed by atoms with Crippen LogP contribution in [0.25, 0.3) is 0 Å². The van der Waals surface area contributed by atoms with E-state index in [4.69, 9.17) is 4.74 Å². The number of nitrogens with zero attached hydrogens (tertiary/aromatic N) is 1. The van der Waals surface area contributed by atoms with E-state index in [0.717, 1.165) is 39.3 Å².